The summed E-state index contributed by atoms with van der Waals surface area (Å²) in [5.41, 5.74) is 0.690. The third-order valence-electron chi connectivity index (χ3n) is 4.13. The number of hydrogen-bond acceptors (Lipinski definition) is 4. The van der Waals surface area contributed by atoms with E-state index in [0.29, 0.717) is 5.56 Å². The van der Waals surface area contributed by atoms with E-state index in [9.17, 15) is 4.79 Å². The highest BCUT2D eigenvalue weighted by atomic mass is 16.5. The SMILES string of the molecule is CC1CN(c2ccc(C(=O)N3CCCC3)cn2)CC(C)O1. The van der Waals surface area contributed by atoms with E-state index in [1.54, 1.807) is 6.20 Å². The Hall–Kier alpha value is -1.62. The summed E-state index contributed by atoms with van der Waals surface area (Å²) >= 11 is 0. The van der Waals surface area contributed by atoms with Crippen LogP contribution in [0, 0.1) is 0 Å². The van der Waals surface area contributed by atoms with Gasteiger partial charge in [-0.15, -0.1) is 0 Å². The molecule has 0 aliphatic carbocycles. The quantitative estimate of drug-likeness (QED) is 0.834. The first-order valence-electron chi connectivity index (χ1n) is 7.79. The van der Waals surface area contributed by atoms with Crippen LogP contribution in [0.2, 0.25) is 0 Å². The molecule has 2 unspecified atom stereocenters. The number of amides is 1. The number of carbonyl (C=O) groups excluding carboxylic acids is 1. The van der Waals surface area contributed by atoms with E-state index >= 15 is 0 Å². The highest BCUT2D eigenvalue weighted by Crippen LogP contribution is 2.19. The van der Waals surface area contributed by atoms with Crippen molar-refractivity contribution in [2.75, 3.05) is 31.1 Å². The topological polar surface area (TPSA) is 45.7 Å². The van der Waals surface area contributed by atoms with Gasteiger partial charge in [0.25, 0.3) is 5.91 Å². The average Bonchev–Trinajstić information content (AvgIpc) is 3.00. The van der Waals surface area contributed by atoms with Gasteiger partial charge in [-0.05, 0) is 38.8 Å². The molecule has 0 aromatic carbocycles. The van der Waals surface area contributed by atoms with Crippen LogP contribution in [-0.2, 0) is 4.74 Å². The Morgan fingerprint density at radius 1 is 1.19 bits per heavy atom. The van der Waals surface area contributed by atoms with Crippen LogP contribution in [0.15, 0.2) is 18.3 Å². The molecule has 0 N–H and O–H groups in total. The highest BCUT2D eigenvalue weighted by molar-refractivity contribution is 5.94. The lowest BCUT2D eigenvalue weighted by molar-refractivity contribution is -0.00546. The van der Waals surface area contributed by atoms with Gasteiger partial charge in [-0.1, -0.05) is 0 Å². The molecular weight excluding hydrogens is 266 g/mol. The van der Waals surface area contributed by atoms with E-state index in [-0.39, 0.29) is 18.1 Å². The second-order valence-electron chi connectivity index (χ2n) is 6.07. The fourth-order valence-corrected chi connectivity index (χ4v) is 3.17. The Bertz CT molecular complexity index is 487. The fourth-order valence-electron chi connectivity index (χ4n) is 3.17. The first-order valence-corrected chi connectivity index (χ1v) is 7.79. The van der Waals surface area contributed by atoms with Gasteiger partial charge in [0.2, 0.25) is 0 Å². The molecule has 2 fully saturated rings. The molecule has 0 radical (unpaired) electrons. The smallest absolute Gasteiger partial charge is 0.255 e. The van der Waals surface area contributed by atoms with E-state index in [2.05, 4.69) is 23.7 Å². The molecule has 1 amide bonds. The number of morpholine rings is 1. The standard InChI is InChI=1S/C16H23N3O2/c1-12-10-19(11-13(2)21-12)15-6-5-14(9-17-15)16(20)18-7-3-4-8-18/h5-6,9,12-13H,3-4,7-8,10-11H2,1-2H3. The van der Waals surface area contributed by atoms with Gasteiger partial charge < -0.3 is 14.5 Å². The van der Waals surface area contributed by atoms with Crippen molar-refractivity contribution >= 4 is 11.7 Å². The van der Waals surface area contributed by atoms with Crippen LogP contribution in [0.5, 0.6) is 0 Å². The van der Waals surface area contributed by atoms with E-state index in [4.69, 9.17) is 4.74 Å². The molecule has 2 aliphatic rings. The summed E-state index contributed by atoms with van der Waals surface area (Å²) < 4.78 is 5.74. The highest BCUT2D eigenvalue weighted by Gasteiger charge is 2.24. The predicted molar refractivity (Wildman–Crippen MR) is 81.6 cm³/mol. The maximum absolute atomic E-state index is 12.3. The molecule has 1 aromatic rings. The Kier molecular flexibility index (Phi) is 4.10. The molecule has 1 aromatic heterocycles. The third-order valence-corrected chi connectivity index (χ3v) is 4.13. The Morgan fingerprint density at radius 3 is 2.43 bits per heavy atom. The predicted octanol–water partition coefficient (Wildman–Crippen LogP) is 1.93. The fraction of sp³-hybridized carbons (Fsp3) is 0.625. The minimum Gasteiger partial charge on any atom is -0.372 e. The van der Waals surface area contributed by atoms with Crippen LogP contribution in [0.25, 0.3) is 0 Å². The van der Waals surface area contributed by atoms with Gasteiger partial charge in [-0.3, -0.25) is 4.79 Å². The van der Waals surface area contributed by atoms with Crippen molar-refractivity contribution in [2.45, 2.75) is 38.9 Å². The molecule has 3 rings (SSSR count). The van der Waals surface area contributed by atoms with Gasteiger partial charge in [0.15, 0.2) is 0 Å². The van der Waals surface area contributed by atoms with Gasteiger partial charge in [0.05, 0.1) is 17.8 Å². The zero-order valence-corrected chi connectivity index (χ0v) is 12.8. The number of nitrogens with zero attached hydrogens (tertiary/aromatic N) is 3. The molecule has 0 saturated carbocycles. The zero-order valence-electron chi connectivity index (χ0n) is 12.8. The van der Waals surface area contributed by atoms with E-state index < -0.39 is 0 Å². The van der Waals surface area contributed by atoms with Gasteiger partial charge >= 0.3 is 0 Å². The van der Waals surface area contributed by atoms with E-state index in [1.165, 1.54) is 0 Å². The van der Waals surface area contributed by atoms with Gasteiger partial charge in [-0.2, -0.15) is 0 Å². The van der Waals surface area contributed by atoms with Crippen molar-refractivity contribution in [1.29, 1.82) is 0 Å². The maximum Gasteiger partial charge on any atom is 0.255 e. The summed E-state index contributed by atoms with van der Waals surface area (Å²) in [6.07, 6.45) is 4.35. The Balaban J connectivity index is 1.70. The van der Waals surface area contributed by atoms with Crippen LogP contribution >= 0.6 is 0 Å². The number of rotatable bonds is 2. The zero-order chi connectivity index (χ0) is 14.8. The van der Waals surface area contributed by atoms with Crippen molar-refractivity contribution in [2.24, 2.45) is 0 Å². The Labute approximate surface area is 125 Å². The van der Waals surface area contributed by atoms with Crippen LogP contribution < -0.4 is 4.90 Å². The molecule has 21 heavy (non-hydrogen) atoms. The molecule has 2 aliphatic heterocycles. The number of hydrogen-bond donors (Lipinski definition) is 0. The van der Waals surface area contributed by atoms with Crippen LogP contribution in [-0.4, -0.2) is 54.2 Å². The van der Waals surface area contributed by atoms with Gasteiger partial charge in [-0.25, -0.2) is 4.98 Å². The summed E-state index contributed by atoms with van der Waals surface area (Å²) in [6, 6.07) is 3.85. The van der Waals surface area contributed by atoms with Gasteiger partial charge in [0, 0.05) is 32.4 Å². The molecule has 0 bridgehead atoms. The van der Waals surface area contributed by atoms with Gasteiger partial charge in [0.1, 0.15) is 5.82 Å². The molecule has 5 nitrogen and oxygen atoms in total. The second-order valence-corrected chi connectivity index (χ2v) is 6.07. The molecule has 3 heterocycles. The molecule has 2 saturated heterocycles. The van der Waals surface area contributed by atoms with E-state index in [1.807, 2.05) is 17.0 Å². The molecule has 114 valence electrons. The van der Waals surface area contributed by atoms with Crippen molar-refractivity contribution < 1.29 is 9.53 Å². The van der Waals surface area contributed by atoms with Crippen molar-refractivity contribution in [1.82, 2.24) is 9.88 Å². The monoisotopic (exact) mass is 289 g/mol. The average molecular weight is 289 g/mol. The summed E-state index contributed by atoms with van der Waals surface area (Å²) in [4.78, 5) is 20.9. The van der Waals surface area contributed by atoms with Crippen molar-refractivity contribution in [3.8, 4) is 0 Å². The minimum atomic E-state index is 0.107. The van der Waals surface area contributed by atoms with E-state index in [0.717, 1.165) is 44.8 Å². The normalized spacial score (nSPS) is 26.2. The Morgan fingerprint density at radius 2 is 1.86 bits per heavy atom. The first kappa shape index (κ1) is 14.3. The minimum absolute atomic E-state index is 0.107. The largest absolute Gasteiger partial charge is 0.372 e. The number of likely N-dealkylation sites (tertiary alicyclic amines) is 1. The number of anilines is 1. The lowest BCUT2D eigenvalue weighted by atomic mass is 10.2. The number of aromatic nitrogens is 1. The number of pyridine rings is 1. The van der Waals surface area contributed by atoms with Crippen LogP contribution in [0.1, 0.15) is 37.0 Å². The second kappa shape index (κ2) is 6.02. The van der Waals surface area contributed by atoms with Crippen molar-refractivity contribution in [3.05, 3.63) is 23.9 Å². The summed E-state index contributed by atoms with van der Waals surface area (Å²) in [6.45, 7) is 7.59. The lowest BCUT2D eigenvalue weighted by Gasteiger charge is -2.36. The molecule has 5 heteroatoms. The molecule has 0 spiro atoms. The summed E-state index contributed by atoms with van der Waals surface area (Å²) in [5.74, 6) is 1.03. The molecular formula is C16H23N3O2. The lowest BCUT2D eigenvalue weighted by Crippen LogP contribution is -2.45. The van der Waals surface area contributed by atoms with Crippen molar-refractivity contribution in [3.63, 3.8) is 0 Å². The summed E-state index contributed by atoms with van der Waals surface area (Å²) in [7, 11) is 0. The van der Waals surface area contributed by atoms with Crippen LogP contribution in [0.3, 0.4) is 0 Å². The molecule has 2 atom stereocenters. The number of ether oxygens (including phenoxy) is 1. The maximum atomic E-state index is 12.3. The third kappa shape index (κ3) is 3.18. The first-order chi connectivity index (χ1) is 10.1. The van der Waals surface area contributed by atoms with Crippen LogP contribution in [0.4, 0.5) is 5.82 Å². The number of carbonyl (C=O) groups is 1. The summed E-state index contributed by atoms with van der Waals surface area (Å²) in [5, 5.41) is 0.